The van der Waals surface area contributed by atoms with Gasteiger partial charge in [-0.15, -0.1) is 0 Å². The summed E-state index contributed by atoms with van der Waals surface area (Å²) in [5.74, 6) is -2.00. The lowest BCUT2D eigenvalue weighted by Gasteiger charge is -2.13. The highest BCUT2D eigenvalue weighted by atomic mass is 16.5. The van der Waals surface area contributed by atoms with Crippen molar-refractivity contribution in [3.8, 4) is 0 Å². The summed E-state index contributed by atoms with van der Waals surface area (Å²) in [7, 11) is 0. The molecular weight excluding hydrogens is 372 g/mol. The summed E-state index contributed by atoms with van der Waals surface area (Å²) < 4.78 is 4.92. The number of rotatable bonds is 7. The van der Waals surface area contributed by atoms with E-state index in [2.05, 4.69) is 19.2 Å². The fourth-order valence-electron chi connectivity index (χ4n) is 3.03. The third-order valence-corrected chi connectivity index (χ3v) is 4.91. The summed E-state index contributed by atoms with van der Waals surface area (Å²) in [5.41, 5.74) is 2.28. The quantitative estimate of drug-likeness (QED) is 0.576. The van der Waals surface area contributed by atoms with E-state index in [1.807, 2.05) is 12.1 Å². The van der Waals surface area contributed by atoms with Gasteiger partial charge >= 0.3 is 5.97 Å². The predicted molar refractivity (Wildman–Crippen MR) is 107 cm³/mol. The molecule has 0 aromatic heterocycles. The van der Waals surface area contributed by atoms with E-state index >= 15 is 0 Å². The number of carbonyl (C=O) groups is 4. The highest BCUT2D eigenvalue weighted by Crippen LogP contribution is 2.22. The average molecular weight is 394 g/mol. The first-order chi connectivity index (χ1) is 13.9. The number of esters is 1. The van der Waals surface area contributed by atoms with Gasteiger partial charge in [-0.1, -0.05) is 38.1 Å². The van der Waals surface area contributed by atoms with E-state index in [0.717, 1.165) is 11.3 Å². The number of hydrogen-bond acceptors (Lipinski definition) is 5. The molecule has 1 N–H and O–H groups in total. The first-order valence-electron chi connectivity index (χ1n) is 9.41. The number of amides is 3. The Kier molecular flexibility index (Phi) is 6.07. The molecule has 3 rings (SSSR count). The Morgan fingerprint density at radius 1 is 1.00 bits per heavy atom. The molecule has 3 amide bonds. The maximum Gasteiger partial charge on any atom is 0.326 e. The number of ether oxygens (including phenoxy) is 1. The van der Waals surface area contributed by atoms with Gasteiger partial charge in [0.25, 0.3) is 17.7 Å². The molecule has 1 aliphatic rings. The molecule has 2 aromatic carbocycles. The number of benzene rings is 2. The monoisotopic (exact) mass is 394 g/mol. The van der Waals surface area contributed by atoms with Crippen LogP contribution in [0.15, 0.2) is 48.5 Å². The van der Waals surface area contributed by atoms with Crippen molar-refractivity contribution in [2.45, 2.75) is 26.2 Å². The van der Waals surface area contributed by atoms with Gasteiger partial charge in [0, 0.05) is 5.69 Å². The number of fused-ring (bicyclic) bond motifs is 1. The number of nitrogens with one attached hydrogen (secondary N) is 1. The van der Waals surface area contributed by atoms with Crippen molar-refractivity contribution in [2.24, 2.45) is 0 Å². The van der Waals surface area contributed by atoms with Crippen molar-refractivity contribution in [3.05, 3.63) is 65.2 Å². The SMILES string of the molecule is CC[C@H](C)c1ccc(NC(=O)COC(=O)CN2C(=O)c3ccccc3C2=O)cc1. The largest absolute Gasteiger partial charge is 0.454 e. The Balaban J connectivity index is 1.49. The van der Waals surface area contributed by atoms with E-state index in [0.29, 0.717) is 11.6 Å². The molecule has 7 nitrogen and oxygen atoms in total. The maximum absolute atomic E-state index is 12.2. The van der Waals surface area contributed by atoms with E-state index in [9.17, 15) is 19.2 Å². The number of hydrogen-bond donors (Lipinski definition) is 1. The van der Waals surface area contributed by atoms with Crippen LogP contribution in [0.1, 0.15) is 52.5 Å². The number of anilines is 1. The van der Waals surface area contributed by atoms with E-state index < -0.39 is 36.8 Å². The molecule has 0 saturated heterocycles. The molecule has 0 aliphatic carbocycles. The van der Waals surface area contributed by atoms with Crippen LogP contribution in [-0.2, 0) is 14.3 Å². The van der Waals surface area contributed by atoms with Crippen LogP contribution in [0.5, 0.6) is 0 Å². The predicted octanol–water partition coefficient (Wildman–Crippen LogP) is 2.98. The van der Waals surface area contributed by atoms with Gasteiger partial charge in [-0.3, -0.25) is 24.1 Å². The maximum atomic E-state index is 12.2. The zero-order chi connectivity index (χ0) is 21.0. The summed E-state index contributed by atoms with van der Waals surface area (Å²) in [6.45, 7) is 3.19. The van der Waals surface area contributed by atoms with E-state index in [-0.39, 0.29) is 11.1 Å². The van der Waals surface area contributed by atoms with E-state index in [1.165, 1.54) is 17.7 Å². The van der Waals surface area contributed by atoms with Crippen molar-refractivity contribution in [3.63, 3.8) is 0 Å². The van der Waals surface area contributed by atoms with Gasteiger partial charge in [0.05, 0.1) is 11.1 Å². The highest BCUT2D eigenvalue weighted by molar-refractivity contribution is 6.22. The van der Waals surface area contributed by atoms with Crippen molar-refractivity contribution >= 4 is 29.4 Å². The Bertz CT molecular complexity index is 917. The van der Waals surface area contributed by atoms with Crippen LogP contribution in [0.2, 0.25) is 0 Å². The van der Waals surface area contributed by atoms with Crippen LogP contribution in [0.4, 0.5) is 5.69 Å². The third-order valence-electron chi connectivity index (χ3n) is 4.91. The Labute approximate surface area is 168 Å². The molecule has 1 heterocycles. The molecule has 1 atom stereocenters. The van der Waals surface area contributed by atoms with Gasteiger partial charge in [0.1, 0.15) is 6.54 Å². The van der Waals surface area contributed by atoms with Crippen molar-refractivity contribution < 1.29 is 23.9 Å². The Morgan fingerprint density at radius 3 is 2.14 bits per heavy atom. The molecular formula is C22H22N2O5. The van der Waals surface area contributed by atoms with Gasteiger partial charge in [-0.25, -0.2) is 0 Å². The van der Waals surface area contributed by atoms with Gasteiger partial charge in [-0.05, 0) is 42.2 Å². The van der Waals surface area contributed by atoms with Crippen LogP contribution < -0.4 is 5.32 Å². The van der Waals surface area contributed by atoms with Crippen molar-refractivity contribution in [1.29, 1.82) is 0 Å². The van der Waals surface area contributed by atoms with Crippen LogP contribution in [0, 0.1) is 0 Å². The zero-order valence-electron chi connectivity index (χ0n) is 16.3. The fraction of sp³-hybridized carbons (Fsp3) is 0.273. The van der Waals surface area contributed by atoms with Crippen LogP contribution in [0.3, 0.4) is 0 Å². The first-order valence-corrected chi connectivity index (χ1v) is 9.41. The zero-order valence-corrected chi connectivity index (χ0v) is 16.3. The minimum atomic E-state index is -0.832. The second kappa shape index (κ2) is 8.68. The van der Waals surface area contributed by atoms with Crippen molar-refractivity contribution in [1.82, 2.24) is 4.90 Å². The Hall–Kier alpha value is -3.48. The lowest BCUT2D eigenvalue weighted by Crippen LogP contribution is -2.36. The topological polar surface area (TPSA) is 92.8 Å². The van der Waals surface area contributed by atoms with Crippen LogP contribution >= 0.6 is 0 Å². The van der Waals surface area contributed by atoms with Gasteiger partial charge < -0.3 is 10.1 Å². The lowest BCUT2D eigenvalue weighted by atomic mass is 9.99. The minimum Gasteiger partial charge on any atom is -0.454 e. The summed E-state index contributed by atoms with van der Waals surface area (Å²) >= 11 is 0. The Morgan fingerprint density at radius 2 is 1.59 bits per heavy atom. The fourth-order valence-corrected chi connectivity index (χ4v) is 3.03. The molecule has 0 bridgehead atoms. The molecule has 0 unspecified atom stereocenters. The van der Waals surface area contributed by atoms with Gasteiger partial charge in [-0.2, -0.15) is 0 Å². The van der Waals surface area contributed by atoms with Gasteiger partial charge in [0.2, 0.25) is 0 Å². The number of nitrogens with zero attached hydrogens (tertiary/aromatic N) is 1. The summed E-state index contributed by atoms with van der Waals surface area (Å²) in [6, 6.07) is 13.8. The summed E-state index contributed by atoms with van der Waals surface area (Å²) in [4.78, 5) is 49.3. The molecule has 0 saturated carbocycles. The number of imide groups is 1. The van der Waals surface area contributed by atoms with Gasteiger partial charge in [0.15, 0.2) is 6.61 Å². The molecule has 0 fully saturated rings. The average Bonchev–Trinajstić information content (AvgIpc) is 2.97. The molecule has 0 radical (unpaired) electrons. The summed E-state index contributed by atoms with van der Waals surface area (Å²) in [5, 5.41) is 2.64. The van der Waals surface area contributed by atoms with Crippen LogP contribution in [0.25, 0.3) is 0 Å². The number of carbonyl (C=O) groups excluding carboxylic acids is 4. The molecule has 2 aromatic rings. The molecule has 29 heavy (non-hydrogen) atoms. The molecule has 0 spiro atoms. The van der Waals surface area contributed by atoms with E-state index in [4.69, 9.17) is 4.74 Å². The van der Waals surface area contributed by atoms with E-state index in [1.54, 1.807) is 24.3 Å². The minimum absolute atomic E-state index is 0.254. The smallest absolute Gasteiger partial charge is 0.326 e. The summed E-state index contributed by atoms with van der Waals surface area (Å²) in [6.07, 6.45) is 1.02. The third kappa shape index (κ3) is 4.51. The molecule has 7 heteroatoms. The first kappa shape index (κ1) is 20.3. The lowest BCUT2D eigenvalue weighted by molar-refractivity contribution is -0.147. The molecule has 150 valence electrons. The second-order valence-corrected chi connectivity index (χ2v) is 6.88. The standard InChI is InChI=1S/C22H22N2O5/c1-3-14(2)15-8-10-16(11-9-15)23-19(25)13-29-20(26)12-24-21(27)17-6-4-5-7-18(17)22(24)28/h4-11,14H,3,12-13H2,1-2H3,(H,23,25)/t14-/m0/s1. The second-order valence-electron chi connectivity index (χ2n) is 6.88. The molecule has 1 aliphatic heterocycles. The van der Waals surface area contributed by atoms with Crippen LogP contribution in [-0.4, -0.2) is 41.7 Å². The highest BCUT2D eigenvalue weighted by Gasteiger charge is 2.36. The normalized spacial score (nSPS) is 13.8. The van der Waals surface area contributed by atoms with Crippen molar-refractivity contribution in [2.75, 3.05) is 18.5 Å².